The molecule has 3 aromatic rings. The Balaban J connectivity index is 1.32. The quantitative estimate of drug-likeness (QED) is 0.224. The molecule has 1 aromatic heterocycles. The van der Waals surface area contributed by atoms with Gasteiger partial charge < -0.3 is 9.84 Å². The minimum absolute atomic E-state index is 0.00510. The maximum Gasteiger partial charge on any atom is 0.417 e. The van der Waals surface area contributed by atoms with Crippen molar-refractivity contribution in [3.63, 3.8) is 0 Å². The normalized spacial score (nSPS) is 28.1. The first-order valence-corrected chi connectivity index (χ1v) is 17.4. The van der Waals surface area contributed by atoms with Crippen molar-refractivity contribution in [2.45, 2.75) is 37.8 Å². The molecule has 1 saturated carbocycles. The number of hydrogen-bond acceptors (Lipinski definition) is 8. The van der Waals surface area contributed by atoms with E-state index in [-0.39, 0.29) is 49.2 Å². The molecule has 0 unspecified atom stereocenters. The van der Waals surface area contributed by atoms with Crippen LogP contribution in [0, 0.1) is 29.6 Å². The van der Waals surface area contributed by atoms with E-state index in [1.807, 2.05) is 6.08 Å². The largest absolute Gasteiger partial charge is 0.508 e. The van der Waals surface area contributed by atoms with Crippen molar-refractivity contribution < 1.29 is 42.2 Å². The first-order valence-electron chi connectivity index (χ1n) is 16.6. The van der Waals surface area contributed by atoms with Crippen molar-refractivity contribution in [1.82, 2.24) is 14.9 Å². The number of hydrogen-bond donors (Lipinski definition) is 2. The number of nitrogens with zero attached hydrogens (tertiary/aromatic N) is 3. The van der Waals surface area contributed by atoms with Gasteiger partial charge in [0.1, 0.15) is 11.5 Å². The van der Waals surface area contributed by atoms with Crippen molar-refractivity contribution in [2.75, 3.05) is 12.0 Å². The number of phenols is 1. The summed E-state index contributed by atoms with van der Waals surface area (Å²) in [5.74, 6) is -6.06. The molecule has 2 aromatic carbocycles. The van der Waals surface area contributed by atoms with Crippen LogP contribution in [-0.2, 0) is 37.2 Å². The molecule has 0 radical (unpaired) electrons. The molecule has 8 rings (SSSR count). The summed E-state index contributed by atoms with van der Waals surface area (Å²) in [6.07, 6.45) is -0.339. The molecule has 4 heterocycles. The Morgan fingerprint density at radius 3 is 2.46 bits per heavy atom. The molecule has 15 heteroatoms. The van der Waals surface area contributed by atoms with Crippen LogP contribution in [0.2, 0.25) is 10.0 Å². The molecule has 10 nitrogen and oxygen atoms in total. The zero-order valence-electron chi connectivity index (χ0n) is 27.3. The number of nitrogens with one attached hydrogen (secondary N) is 1. The van der Waals surface area contributed by atoms with Crippen LogP contribution in [0.4, 0.5) is 19.0 Å². The van der Waals surface area contributed by atoms with Gasteiger partial charge in [0.05, 0.1) is 40.0 Å². The molecular weight excluding hydrogens is 724 g/mol. The number of carbonyl (C=O) groups is 4. The van der Waals surface area contributed by atoms with E-state index in [1.165, 1.54) is 17.2 Å². The minimum atomic E-state index is -4.74. The van der Waals surface area contributed by atoms with Gasteiger partial charge in [0.25, 0.3) is 11.8 Å². The van der Waals surface area contributed by atoms with Crippen molar-refractivity contribution >= 4 is 52.6 Å². The summed E-state index contributed by atoms with van der Waals surface area (Å²) in [6.45, 7) is 1.90. The van der Waals surface area contributed by atoms with Gasteiger partial charge in [0.2, 0.25) is 11.8 Å². The topological polar surface area (TPSA) is 129 Å². The fourth-order valence-corrected chi connectivity index (χ4v) is 9.31. The van der Waals surface area contributed by atoms with Gasteiger partial charge in [0, 0.05) is 35.7 Å². The van der Waals surface area contributed by atoms with Gasteiger partial charge in [-0.15, -0.1) is 0 Å². The maximum absolute atomic E-state index is 15.3. The van der Waals surface area contributed by atoms with Gasteiger partial charge >= 0.3 is 6.18 Å². The lowest BCUT2D eigenvalue weighted by molar-refractivity contribution is -0.141. The summed E-state index contributed by atoms with van der Waals surface area (Å²) < 4.78 is 46.4. The number of aromatic nitrogens is 1. The first kappa shape index (κ1) is 34.2. The van der Waals surface area contributed by atoms with Crippen LogP contribution >= 0.6 is 23.2 Å². The number of anilines is 1. The number of amides is 4. The Morgan fingerprint density at radius 2 is 1.77 bits per heavy atom. The number of halogens is 5. The number of hydrazine groups is 1. The number of fused-ring (bicyclic) bond motifs is 5. The third-order valence-corrected chi connectivity index (χ3v) is 11.7. The van der Waals surface area contributed by atoms with E-state index in [0.717, 1.165) is 5.01 Å². The Morgan fingerprint density at radius 1 is 1.02 bits per heavy atom. The molecule has 52 heavy (non-hydrogen) atoms. The highest BCUT2D eigenvalue weighted by Gasteiger charge is 2.70. The van der Waals surface area contributed by atoms with Gasteiger partial charge in [0.15, 0.2) is 5.82 Å². The number of phenolic OH excluding ortho intramolecular Hbond substituents is 1. The molecule has 5 aliphatic rings. The van der Waals surface area contributed by atoms with Crippen molar-refractivity contribution in [3.8, 4) is 11.5 Å². The highest BCUT2D eigenvalue weighted by Crippen LogP contribution is 2.63. The molecule has 3 aliphatic heterocycles. The molecule has 2 N–H and O–H groups in total. The first-order chi connectivity index (χ1) is 24.7. The van der Waals surface area contributed by atoms with E-state index in [4.69, 9.17) is 27.9 Å². The molecule has 6 atom stereocenters. The van der Waals surface area contributed by atoms with Gasteiger partial charge in [-0.1, -0.05) is 47.0 Å². The lowest BCUT2D eigenvalue weighted by Gasteiger charge is -2.51. The Hall–Kier alpha value is -4.88. The highest BCUT2D eigenvalue weighted by atomic mass is 35.5. The second kappa shape index (κ2) is 12.1. The average molecular weight is 754 g/mol. The number of pyridine rings is 1. The summed E-state index contributed by atoms with van der Waals surface area (Å²) in [6, 6.07) is 11.8. The Bertz CT molecular complexity index is 2140. The van der Waals surface area contributed by atoms with E-state index < -0.39 is 63.6 Å². The molecule has 2 aliphatic carbocycles. The molecule has 3 fully saturated rings. The zero-order chi connectivity index (χ0) is 36.9. The van der Waals surface area contributed by atoms with Crippen molar-refractivity contribution in [1.29, 1.82) is 0 Å². The number of carbonyl (C=O) groups excluding carboxylic acids is 4. The zero-order valence-corrected chi connectivity index (χ0v) is 28.8. The molecule has 0 spiro atoms. The van der Waals surface area contributed by atoms with Crippen LogP contribution in [0.5, 0.6) is 11.5 Å². The highest BCUT2D eigenvalue weighted by molar-refractivity contribution is 6.33. The summed E-state index contributed by atoms with van der Waals surface area (Å²) in [5.41, 5.74) is 2.12. The lowest BCUT2D eigenvalue weighted by atomic mass is 9.48. The van der Waals surface area contributed by atoms with E-state index in [2.05, 4.69) is 10.4 Å². The maximum atomic E-state index is 15.3. The van der Waals surface area contributed by atoms with E-state index in [0.29, 0.717) is 45.3 Å². The second-order valence-electron chi connectivity index (χ2n) is 13.6. The number of rotatable bonds is 5. The van der Waals surface area contributed by atoms with E-state index in [1.54, 1.807) is 43.3 Å². The van der Waals surface area contributed by atoms with Gasteiger partial charge in [-0.25, -0.2) is 4.98 Å². The van der Waals surface area contributed by atoms with Crippen LogP contribution < -0.4 is 10.2 Å². The Kier molecular flexibility index (Phi) is 7.96. The van der Waals surface area contributed by atoms with E-state index in [9.17, 15) is 32.7 Å². The third-order valence-electron chi connectivity index (χ3n) is 11.1. The number of likely N-dealkylation sites (tertiary alicyclic amines) is 1. The predicted octanol–water partition coefficient (Wildman–Crippen LogP) is 6.47. The van der Waals surface area contributed by atoms with Crippen molar-refractivity contribution in [2.24, 2.45) is 29.6 Å². The van der Waals surface area contributed by atoms with Gasteiger partial charge in [-0.2, -0.15) is 18.2 Å². The summed E-state index contributed by atoms with van der Waals surface area (Å²) in [4.78, 5) is 62.4. The predicted molar refractivity (Wildman–Crippen MR) is 181 cm³/mol. The monoisotopic (exact) mass is 752 g/mol. The molecular formula is C37H29Cl2F3N4O6. The van der Waals surface area contributed by atoms with Crippen molar-refractivity contribution in [3.05, 3.63) is 105 Å². The summed E-state index contributed by atoms with van der Waals surface area (Å²) >= 11 is 12.6. The molecule has 268 valence electrons. The number of alkyl halides is 3. The minimum Gasteiger partial charge on any atom is -0.508 e. The number of benzene rings is 2. The standard InChI is InChI=1S/C37H29Cl2F3N4O6/c1-2-45-32(48)24-9-8-23-25(29(24)34(45)50)14-26-33(49)46(44-31-27(39)13-20(15-43-31)37(40,41)42)35(51)36(26,19-3-5-21(38)6-4-19)30(23)18-11-17-12-22(47)7-10-28(17)52-16-18/h3-8,10,12-13,15-16,24-26,29-30,47H,2,9,11,14H2,1H3,(H,43,44)/t24-,25+,26-,29-,30-,36+/m0/s1. The second-order valence-corrected chi connectivity index (χ2v) is 14.5. The number of imide groups is 2. The van der Waals surface area contributed by atoms with Crippen LogP contribution in [0.25, 0.3) is 0 Å². The van der Waals surface area contributed by atoms with Crippen LogP contribution in [0.15, 0.2) is 78.2 Å². The molecule has 0 bridgehead atoms. The van der Waals surface area contributed by atoms with Crippen LogP contribution in [0.1, 0.15) is 36.5 Å². The fraction of sp³-hybridized carbons (Fsp3) is 0.324. The number of allylic oxidation sites excluding steroid dienone is 3. The van der Waals surface area contributed by atoms with Gasteiger partial charge in [-0.3, -0.25) is 29.5 Å². The summed E-state index contributed by atoms with van der Waals surface area (Å²) in [7, 11) is 0. The SMILES string of the molecule is CCN1C(=O)[C@H]2[C@H](CC=C3[C@H](C4=COc5ccc(O)cc5C4)[C@]4(c5ccc(Cl)cc5)C(=O)N(Nc5ncc(C(F)(F)F)cc5Cl)C(=O)[C@@H]4C[C@H]32)C1=O. The Labute approximate surface area is 304 Å². The van der Waals surface area contributed by atoms with Crippen LogP contribution in [-0.4, -0.2) is 50.2 Å². The average Bonchev–Trinajstić information content (AvgIpc) is 3.48. The lowest BCUT2D eigenvalue weighted by Crippen LogP contribution is -2.55. The smallest absolute Gasteiger partial charge is 0.417 e. The molecule has 2 saturated heterocycles. The van der Waals surface area contributed by atoms with Gasteiger partial charge in [-0.05, 0) is 73.2 Å². The fourth-order valence-electron chi connectivity index (χ4n) is 8.98. The number of aromatic hydroxyl groups is 1. The van der Waals surface area contributed by atoms with Crippen LogP contribution in [0.3, 0.4) is 0 Å². The third kappa shape index (κ3) is 4.96. The molecule has 4 amide bonds. The summed E-state index contributed by atoms with van der Waals surface area (Å²) in [5, 5.41) is 11.0. The number of ether oxygens (including phenoxy) is 1. The van der Waals surface area contributed by atoms with E-state index >= 15 is 4.79 Å².